The van der Waals surface area contributed by atoms with Crippen LogP contribution in [0.1, 0.15) is 94.2 Å². The van der Waals surface area contributed by atoms with Crippen LogP contribution in [0, 0.1) is 0 Å². The monoisotopic (exact) mass is 540 g/mol. The summed E-state index contributed by atoms with van der Waals surface area (Å²) in [6, 6.07) is 14.0. The number of rotatable bonds is 12. The Morgan fingerprint density at radius 1 is 0.514 bits per heavy atom. The van der Waals surface area contributed by atoms with Gasteiger partial charge in [0.15, 0.2) is 0 Å². The van der Waals surface area contributed by atoms with Gasteiger partial charge in [0.1, 0.15) is 17.2 Å². The van der Waals surface area contributed by atoms with Crippen molar-refractivity contribution in [2.75, 3.05) is 0 Å². The maximum Gasteiger partial charge on any atom is 0.258 e. The summed E-state index contributed by atoms with van der Waals surface area (Å²) in [6.45, 7) is 27.5. The first-order valence-electron chi connectivity index (χ1n) is 14.2. The molecule has 2 aromatic rings. The zero-order valence-electron chi connectivity index (χ0n) is 25.4. The van der Waals surface area contributed by atoms with Crippen LogP contribution in [0.5, 0.6) is 17.2 Å². The fraction of sp³-hybridized carbons (Fsp3) is 0.562. The number of aromatic hydroxyl groups is 1. The first-order chi connectivity index (χ1) is 17.2. The SMILES string of the molecule is CC(C)[Si](Oc1ccc(/C=C/c2cc(O)cc(O[Si](C(C)C)(C(C)C)C(C)C)c2)cc1)(C(C)C)C(C)C. The van der Waals surface area contributed by atoms with Crippen molar-refractivity contribution in [2.45, 2.75) is 116 Å². The van der Waals surface area contributed by atoms with Crippen LogP contribution in [0.2, 0.25) is 33.2 Å². The van der Waals surface area contributed by atoms with E-state index in [1.54, 1.807) is 12.1 Å². The second-order valence-corrected chi connectivity index (χ2v) is 23.3. The molecule has 0 aliphatic carbocycles. The van der Waals surface area contributed by atoms with E-state index in [4.69, 9.17) is 8.85 Å². The van der Waals surface area contributed by atoms with E-state index in [9.17, 15) is 5.11 Å². The molecule has 0 heterocycles. The Kier molecular flexibility index (Phi) is 10.7. The minimum Gasteiger partial charge on any atom is -0.543 e. The Balaban J connectivity index is 2.29. The van der Waals surface area contributed by atoms with E-state index >= 15 is 0 Å². The molecule has 206 valence electrons. The van der Waals surface area contributed by atoms with Gasteiger partial charge in [-0.1, -0.05) is 107 Å². The standard InChI is InChI=1S/C32H52O3Si2/c1-22(2)36(23(3)4,24(5)6)34-31-17-15-28(16-18-31)13-14-29-19-30(33)21-32(20-29)35-37(25(7)8,26(9)10)27(11)12/h13-27,33H,1-12H3/b14-13+. The summed E-state index contributed by atoms with van der Waals surface area (Å²) in [5, 5.41) is 10.5. The molecule has 37 heavy (non-hydrogen) atoms. The molecule has 0 aliphatic rings. The Morgan fingerprint density at radius 3 is 1.30 bits per heavy atom. The lowest BCUT2D eigenvalue weighted by molar-refractivity contribution is 0.456. The molecule has 0 amide bonds. The predicted octanol–water partition coefficient (Wildman–Crippen LogP) is 10.7. The van der Waals surface area contributed by atoms with Crippen molar-refractivity contribution < 1.29 is 14.0 Å². The van der Waals surface area contributed by atoms with Crippen LogP contribution < -0.4 is 8.85 Å². The van der Waals surface area contributed by atoms with Gasteiger partial charge in [-0.05, 0) is 68.6 Å². The van der Waals surface area contributed by atoms with Crippen molar-refractivity contribution in [3.05, 3.63) is 53.6 Å². The highest BCUT2D eigenvalue weighted by Crippen LogP contribution is 2.44. The summed E-state index contributed by atoms with van der Waals surface area (Å²) < 4.78 is 13.6. The van der Waals surface area contributed by atoms with Crippen LogP contribution >= 0.6 is 0 Å². The number of hydrogen-bond donors (Lipinski definition) is 1. The molecule has 5 heteroatoms. The summed E-state index contributed by atoms with van der Waals surface area (Å²) in [5.74, 6) is 1.96. The molecule has 0 fully saturated rings. The maximum atomic E-state index is 10.5. The quantitative estimate of drug-likeness (QED) is 0.215. The molecule has 0 saturated carbocycles. The highest BCUT2D eigenvalue weighted by atomic mass is 28.4. The van der Waals surface area contributed by atoms with Crippen LogP contribution in [0.25, 0.3) is 12.2 Å². The van der Waals surface area contributed by atoms with Gasteiger partial charge < -0.3 is 14.0 Å². The Hall–Kier alpha value is -1.99. The molecule has 0 bridgehead atoms. The molecule has 0 aromatic heterocycles. The fourth-order valence-corrected chi connectivity index (χ4v) is 17.2. The summed E-state index contributed by atoms with van der Waals surface area (Å²) >= 11 is 0. The van der Waals surface area contributed by atoms with Gasteiger partial charge in [-0.3, -0.25) is 0 Å². The van der Waals surface area contributed by atoms with Crippen LogP contribution in [0.4, 0.5) is 0 Å². The van der Waals surface area contributed by atoms with Gasteiger partial charge in [-0.25, -0.2) is 0 Å². The van der Waals surface area contributed by atoms with Crippen LogP contribution in [-0.2, 0) is 0 Å². The molecule has 1 N–H and O–H groups in total. The van der Waals surface area contributed by atoms with Crippen molar-refractivity contribution in [3.8, 4) is 17.2 Å². The minimum absolute atomic E-state index is 0.234. The maximum absolute atomic E-state index is 10.5. The van der Waals surface area contributed by atoms with Crippen molar-refractivity contribution in [1.29, 1.82) is 0 Å². The molecular formula is C32H52O3Si2. The molecule has 3 nitrogen and oxygen atoms in total. The number of hydrogen-bond acceptors (Lipinski definition) is 3. The minimum atomic E-state index is -2.10. The van der Waals surface area contributed by atoms with E-state index in [0.717, 1.165) is 22.6 Å². The molecule has 0 aliphatic heterocycles. The van der Waals surface area contributed by atoms with Gasteiger partial charge >= 0.3 is 0 Å². The van der Waals surface area contributed by atoms with E-state index in [1.807, 2.05) is 6.08 Å². The van der Waals surface area contributed by atoms with Crippen LogP contribution in [0.3, 0.4) is 0 Å². The van der Waals surface area contributed by atoms with Gasteiger partial charge in [0.2, 0.25) is 0 Å². The average Bonchev–Trinajstić information content (AvgIpc) is 2.78. The van der Waals surface area contributed by atoms with E-state index in [-0.39, 0.29) is 5.75 Å². The number of phenolic OH excluding ortho intramolecular Hbond substituents is 1. The predicted molar refractivity (Wildman–Crippen MR) is 167 cm³/mol. The zero-order chi connectivity index (χ0) is 28.1. The first-order valence-corrected chi connectivity index (χ1v) is 18.4. The zero-order valence-corrected chi connectivity index (χ0v) is 27.4. The van der Waals surface area contributed by atoms with Crippen molar-refractivity contribution in [2.24, 2.45) is 0 Å². The van der Waals surface area contributed by atoms with Gasteiger partial charge in [-0.15, -0.1) is 0 Å². The average molecular weight is 541 g/mol. The molecule has 0 unspecified atom stereocenters. The van der Waals surface area contributed by atoms with E-state index in [1.165, 1.54) is 0 Å². The normalized spacial score (nSPS) is 13.2. The highest BCUT2D eigenvalue weighted by molar-refractivity contribution is 6.78. The molecular weight excluding hydrogens is 489 g/mol. The third-order valence-corrected chi connectivity index (χ3v) is 20.3. The number of benzene rings is 2. The highest BCUT2D eigenvalue weighted by Gasteiger charge is 2.48. The fourth-order valence-electron chi connectivity index (χ4n) is 6.72. The third kappa shape index (κ3) is 6.91. The van der Waals surface area contributed by atoms with Gasteiger partial charge in [0.05, 0.1) is 0 Å². The van der Waals surface area contributed by atoms with Gasteiger partial charge in [-0.2, -0.15) is 0 Å². The van der Waals surface area contributed by atoms with Crippen LogP contribution in [0.15, 0.2) is 42.5 Å². The smallest absolute Gasteiger partial charge is 0.258 e. The van der Waals surface area contributed by atoms with E-state index < -0.39 is 16.6 Å². The van der Waals surface area contributed by atoms with Crippen molar-refractivity contribution in [3.63, 3.8) is 0 Å². The summed E-state index contributed by atoms with van der Waals surface area (Å²) in [6.07, 6.45) is 4.12. The molecule has 0 saturated heterocycles. The number of phenols is 1. The van der Waals surface area contributed by atoms with Crippen molar-refractivity contribution in [1.82, 2.24) is 0 Å². The molecule has 0 spiro atoms. The first kappa shape index (κ1) is 31.2. The summed E-state index contributed by atoms with van der Waals surface area (Å²) in [7, 11) is -4.07. The van der Waals surface area contributed by atoms with Crippen LogP contribution in [-0.4, -0.2) is 21.7 Å². The Labute approximate surface area is 229 Å². The third-order valence-electron chi connectivity index (χ3n) is 8.27. The second-order valence-electron chi connectivity index (χ2n) is 12.5. The second kappa shape index (κ2) is 12.7. The van der Waals surface area contributed by atoms with E-state index in [0.29, 0.717) is 33.2 Å². The summed E-state index contributed by atoms with van der Waals surface area (Å²) in [5.41, 5.74) is 5.06. The van der Waals surface area contributed by atoms with Gasteiger partial charge in [0.25, 0.3) is 16.6 Å². The Morgan fingerprint density at radius 2 is 0.892 bits per heavy atom. The molecule has 0 radical (unpaired) electrons. The van der Waals surface area contributed by atoms with E-state index in [2.05, 4.69) is 119 Å². The largest absolute Gasteiger partial charge is 0.543 e. The Bertz CT molecular complexity index is 977. The molecule has 2 aromatic carbocycles. The lowest BCUT2D eigenvalue weighted by Crippen LogP contribution is -2.50. The molecule has 2 rings (SSSR count). The van der Waals surface area contributed by atoms with Gasteiger partial charge in [0, 0.05) is 6.07 Å². The topological polar surface area (TPSA) is 38.7 Å². The van der Waals surface area contributed by atoms with Crippen molar-refractivity contribution >= 4 is 28.8 Å². The molecule has 0 atom stereocenters. The summed E-state index contributed by atoms with van der Waals surface area (Å²) in [4.78, 5) is 0. The lowest BCUT2D eigenvalue weighted by Gasteiger charge is -2.42. The lowest BCUT2D eigenvalue weighted by atomic mass is 10.1.